The predicted octanol–water partition coefficient (Wildman–Crippen LogP) is 3.75. The summed E-state index contributed by atoms with van der Waals surface area (Å²) in [6.45, 7) is 3.72. The zero-order chi connectivity index (χ0) is 16.5. The summed E-state index contributed by atoms with van der Waals surface area (Å²) in [7, 11) is -5.24. The van der Waals surface area contributed by atoms with Crippen molar-refractivity contribution in [2.45, 2.75) is 31.7 Å². The number of alkyl halides is 3. The highest BCUT2D eigenvalue weighted by atomic mass is 32.2. The maximum Gasteiger partial charge on any atom is 0.511 e. The molecule has 0 N–H and O–H groups in total. The Kier molecular flexibility index (Phi) is 4.67. The smallest absolute Gasteiger partial charge is 0.203 e. The van der Waals surface area contributed by atoms with Crippen LogP contribution in [-0.2, 0) is 10.0 Å². The van der Waals surface area contributed by atoms with Gasteiger partial charge in [-0.1, -0.05) is 44.2 Å². The van der Waals surface area contributed by atoms with E-state index in [9.17, 15) is 21.6 Å². The molecule has 0 spiro atoms. The van der Waals surface area contributed by atoms with Gasteiger partial charge in [0.1, 0.15) is 0 Å². The molecule has 1 aromatic rings. The molecule has 1 aliphatic heterocycles. The molecule has 0 atom stereocenters. The Labute approximate surface area is 128 Å². The molecule has 0 radical (unpaired) electrons. The van der Waals surface area contributed by atoms with E-state index in [-0.39, 0.29) is 19.5 Å². The Balaban J connectivity index is 2.21. The van der Waals surface area contributed by atoms with Gasteiger partial charge in [-0.05, 0) is 29.0 Å². The molecular weight excluding hydrogens is 315 g/mol. The summed E-state index contributed by atoms with van der Waals surface area (Å²) in [6.07, 6.45) is 1.84. The first kappa shape index (κ1) is 17.0. The lowest BCUT2D eigenvalue weighted by Gasteiger charge is -2.26. The van der Waals surface area contributed by atoms with Crippen LogP contribution >= 0.6 is 0 Å². The molecule has 0 bridgehead atoms. The number of nitrogens with zero attached hydrogens (tertiary/aromatic N) is 1. The van der Waals surface area contributed by atoms with Crippen LogP contribution in [0, 0.1) is 0 Å². The molecule has 0 aromatic heterocycles. The molecule has 0 fully saturated rings. The fraction of sp³-hybridized carbons (Fsp3) is 0.467. The SMILES string of the molecule is CC(C)c1cccc(C2=CCN(S(=O)(=O)C(F)(F)F)CC2)c1. The maximum absolute atomic E-state index is 12.5. The van der Waals surface area contributed by atoms with Crippen molar-refractivity contribution in [2.75, 3.05) is 13.1 Å². The lowest BCUT2D eigenvalue weighted by molar-refractivity contribution is -0.0486. The summed E-state index contributed by atoms with van der Waals surface area (Å²) in [6, 6.07) is 7.80. The fourth-order valence-corrected chi connectivity index (χ4v) is 3.27. The molecule has 2 rings (SSSR count). The number of hydrogen-bond acceptors (Lipinski definition) is 2. The summed E-state index contributed by atoms with van der Waals surface area (Å²) in [5.41, 5.74) is -2.27. The highest BCUT2D eigenvalue weighted by molar-refractivity contribution is 7.90. The van der Waals surface area contributed by atoms with Gasteiger partial charge in [0.25, 0.3) is 0 Å². The summed E-state index contributed by atoms with van der Waals surface area (Å²) in [5.74, 6) is 0.353. The molecule has 0 aliphatic carbocycles. The van der Waals surface area contributed by atoms with Crippen LogP contribution in [0.4, 0.5) is 13.2 Å². The second-order valence-corrected chi connectivity index (χ2v) is 7.50. The second kappa shape index (κ2) is 6.04. The van der Waals surface area contributed by atoms with Gasteiger partial charge in [0.05, 0.1) is 0 Å². The Hall–Kier alpha value is -1.34. The minimum absolute atomic E-state index is 0.153. The topological polar surface area (TPSA) is 37.4 Å². The van der Waals surface area contributed by atoms with Crippen molar-refractivity contribution in [2.24, 2.45) is 0 Å². The van der Waals surface area contributed by atoms with Gasteiger partial charge >= 0.3 is 15.5 Å². The zero-order valence-electron chi connectivity index (χ0n) is 12.4. The van der Waals surface area contributed by atoms with E-state index < -0.39 is 15.5 Å². The van der Waals surface area contributed by atoms with Crippen LogP contribution in [-0.4, -0.2) is 31.3 Å². The van der Waals surface area contributed by atoms with Gasteiger partial charge in [0, 0.05) is 13.1 Å². The van der Waals surface area contributed by atoms with E-state index in [1.807, 2.05) is 24.3 Å². The third-order valence-corrected chi connectivity index (χ3v) is 5.32. The van der Waals surface area contributed by atoms with Gasteiger partial charge < -0.3 is 0 Å². The first-order chi connectivity index (χ1) is 10.1. The van der Waals surface area contributed by atoms with Gasteiger partial charge in [0.2, 0.25) is 0 Å². The first-order valence-electron chi connectivity index (χ1n) is 6.98. The highest BCUT2D eigenvalue weighted by Gasteiger charge is 2.49. The monoisotopic (exact) mass is 333 g/mol. The number of rotatable bonds is 3. The zero-order valence-corrected chi connectivity index (χ0v) is 13.2. The summed E-state index contributed by atoms with van der Waals surface area (Å²) in [4.78, 5) is 0. The van der Waals surface area contributed by atoms with Crippen LogP contribution in [0.1, 0.15) is 37.3 Å². The van der Waals surface area contributed by atoms with E-state index >= 15 is 0 Å². The van der Waals surface area contributed by atoms with Gasteiger partial charge in [-0.2, -0.15) is 17.5 Å². The Morgan fingerprint density at radius 3 is 2.41 bits per heavy atom. The summed E-state index contributed by atoms with van der Waals surface area (Å²) >= 11 is 0. The largest absolute Gasteiger partial charge is 0.511 e. The first-order valence-corrected chi connectivity index (χ1v) is 8.42. The van der Waals surface area contributed by atoms with Crippen LogP contribution in [0.5, 0.6) is 0 Å². The van der Waals surface area contributed by atoms with Crippen molar-refractivity contribution in [1.29, 1.82) is 0 Å². The van der Waals surface area contributed by atoms with E-state index in [1.165, 1.54) is 0 Å². The van der Waals surface area contributed by atoms with Crippen molar-refractivity contribution < 1.29 is 21.6 Å². The Bertz CT molecular complexity index is 678. The van der Waals surface area contributed by atoms with Crippen LogP contribution in [0.3, 0.4) is 0 Å². The third-order valence-electron chi connectivity index (χ3n) is 3.73. The normalized spacial score (nSPS) is 17.6. The molecule has 1 aliphatic rings. The van der Waals surface area contributed by atoms with Crippen molar-refractivity contribution in [3.05, 3.63) is 41.5 Å². The Morgan fingerprint density at radius 2 is 1.91 bits per heavy atom. The van der Waals surface area contributed by atoms with Crippen LogP contribution < -0.4 is 0 Å². The molecule has 122 valence electrons. The molecule has 22 heavy (non-hydrogen) atoms. The standard InChI is InChI=1S/C15H18F3NO2S/c1-11(2)13-4-3-5-14(10-13)12-6-8-19(9-7-12)22(20,21)15(16,17)18/h3-6,10-11H,7-9H2,1-2H3. The van der Waals surface area contributed by atoms with Crippen molar-refractivity contribution in [1.82, 2.24) is 4.31 Å². The molecule has 0 amide bonds. The second-order valence-electron chi connectivity index (χ2n) is 5.57. The van der Waals surface area contributed by atoms with Crippen LogP contribution in [0.15, 0.2) is 30.3 Å². The number of hydrogen-bond donors (Lipinski definition) is 0. The molecule has 1 aromatic carbocycles. The average molecular weight is 333 g/mol. The van der Waals surface area contributed by atoms with Crippen molar-refractivity contribution >= 4 is 15.6 Å². The highest BCUT2D eigenvalue weighted by Crippen LogP contribution is 2.31. The number of halogens is 3. The van der Waals surface area contributed by atoms with Gasteiger partial charge in [0.15, 0.2) is 0 Å². The van der Waals surface area contributed by atoms with Crippen LogP contribution in [0.25, 0.3) is 5.57 Å². The summed E-state index contributed by atoms with van der Waals surface area (Å²) in [5, 5.41) is 0. The van der Waals surface area contributed by atoms with E-state index in [1.54, 1.807) is 6.08 Å². The lowest BCUT2D eigenvalue weighted by Crippen LogP contribution is -2.42. The molecule has 7 heteroatoms. The van der Waals surface area contributed by atoms with Crippen molar-refractivity contribution in [3.63, 3.8) is 0 Å². The quantitative estimate of drug-likeness (QED) is 0.845. The maximum atomic E-state index is 12.5. The van der Waals surface area contributed by atoms with E-state index in [0.29, 0.717) is 10.2 Å². The van der Waals surface area contributed by atoms with Gasteiger partial charge in [-0.3, -0.25) is 0 Å². The molecular formula is C15H18F3NO2S. The summed E-state index contributed by atoms with van der Waals surface area (Å²) < 4.78 is 60.8. The molecule has 3 nitrogen and oxygen atoms in total. The van der Waals surface area contributed by atoms with E-state index in [4.69, 9.17) is 0 Å². The lowest BCUT2D eigenvalue weighted by atomic mass is 9.95. The van der Waals surface area contributed by atoms with E-state index in [2.05, 4.69) is 13.8 Å². The van der Waals surface area contributed by atoms with E-state index in [0.717, 1.165) is 16.7 Å². The molecule has 0 saturated heterocycles. The molecule has 1 heterocycles. The van der Waals surface area contributed by atoms with Gasteiger partial charge in [-0.15, -0.1) is 0 Å². The fourth-order valence-electron chi connectivity index (χ4n) is 2.37. The van der Waals surface area contributed by atoms with Crippen LogP contribution in [0.2, 0.25) is 0 Å². The molecule has 0 unspecified atom stereocenters. The Morgan fingerprint density at radius 1 is 1.23 bits per heavy atom. The average Bonchev–Trinajstić information content (AvgIpc) is 2.46. The predicted molar refractivity (Wildman–Crippen MR) is 79.7 cm³/mol. The van der Waals surface area contributed by atoms with Gasteiger partial charge in [-0.25, -0.2) is 8.42 Å². The van der Waals surface area contributed by atoms with Crippen molar-refractivity contribution in [3.8, 4) is 0 Å². The minimum Gasteiger partial charge on any atom is -0.203 e. The molecule has 0 saturated carbocycles. The number of sulfonamides is 1. The minimum atomic E-state index is -5.24. The number of benzene rings is 1. The third kappa shape index (κ3) is 3.35.